The van der Waals surface area contributed by atoms with E-state index in [0.29, 0.717) is 25.4 Å². The summed E-state index contributed by atoms with van der Waals surface area (Å²) in [6.07, 6.45) is 0. The van der Waals surface area contributed by atoms with Gasteiger partial charge in [0.1, 0.15) is 0 Å². The summed E-state index contributed by atoms with van der Waals surface area (Å²) in [4.78, 5) is 13.9. The van der Waals surface area contributed by atoms with Gasteiger partial charge in [0.15, 0.2) is 0 Å². The third kappa shape index (κ3) is 4.04. The molecule has 0 radical (unpaired) electrons. The predicted octanol–water partition coefficient (Wildman–Crippen LogP) is 1.87. The first-order valence-electron chi connectivity index (χ1n) is 6.24. The molecule has 0 fully saturated rings. The van der Waals surface area contributed by atoms with Crippen LogP contribution in [-0.4, -0.2) is 37.6 Å². The molecule has 1 aromatic carbocycles. The average Bonchev–Trinajstić information content (AvgIpc) is 2.37. The third-order valence-corrected chi connectivity index (χ3v) is 2.93. The zero-order valence-corrected chi connectivity index (χ0v) is 11.3. The molecule has 0 bridgehead atoms. The van der Waals surface area contributed by atoms with Crippen LogP contribution >= 0.6 is 0 Å². The van der Waals surface area contributed by atoms with Crippen LogP contribution in [0.3, 0.4) is 0 Å². The fourth-order valence-electron chi connectivity index (χ4n) is 1.76. The maximum absolute atomic E-state index is 12.2. The third-order valence-electron chi connectivity index (χ3n) is 2.93. The minimum atomic E-state index is -0.180. The van der Waals surface area contributed by atoms with E-state index in [9.17, 15) is 4.79 Å². The molecule has 0 aliphatic heterocycles. The Balaban J connectivity index is 2.60. The van der Waals surface area contributed by atoms with E-state index in [-0.39, 0.29) is 11.8 Å². The topological polar surface area (TPSA) is 55.6 Å². The van der Waals surface area contributed by atoms with Crippen molar-refractivity contribution in [3.05, 3.63) is 29.8 Å². The number of hydrogen-bond donors (Lipinski definition) is 1. The molecule has 18 heavy (non-hydrogen) atoms. The number of carbonyl (C=O) groups excluding carboxylic acids is 1. The summed E-state index contributed by atoms with van der Waals surface area (Å²) in [5.41, 5.74) is 7.36. The van der Waals surface area contributed by atoms with Gasteiger partial charge in [-0.2, -0.15) is 0 Å². The van der Waals surface area contributed by atoms with Crippen LogP contribution in [-0.2, 0) is 9.53 Å². The molecule has 0 aromatic heterocycles. The monoisotopic (exact) mass is 250 g/mol. The molecular weight excluding hydrogens is 228 g/mol. The van der Waals surface area contributed by atoms with Crippen LogP contribution in [0.25, 0.3) is 0 Å². The van der Waals surface area contributed by atoms with Crippen LogP contribution in [0, 0.1) is 0 Å². The summed E-state index contributed by atoms with van der Waals surface area (Å²) in [5, 5.41) is 0. The number of anilines is 1. The van der Waals surface area contributed by atoms with Crippen LogP contribution in [0.1, 0.15) is 25.3 Å². The van der Waals surface area contributed by atoms with Crippen molar-refractivity contribution in [2.75, 3.05) is 32.5 Å². The van der Waals surface area contributed by atoms with Gasteiger partial charge in [-0.05, 0) is 31.5 Å². The zero-order valence-electron chi connectivity index (χ0n) is 11.3. The molecule has 4 heteroatoms. The first kappa shape index (κ1) is 14.5. The molecule has 0 saturated heterocycles. The van der Waals surface area contributed by atoms with E-state index in [1.165, 1.54) is 0 Å². The summed E-state index contributed by atoms with van der Waals surface area (Å²) < 4.78 is 5.24. The van der Waals surface area contributed by atoms with Gasteiger partial charge < -0.3 is 15.4 Å². The zero-order chi connectivity index (χ0) is 13.5. The molecule has 1 atom stereocenters. The second-order valence-electron chi connectivity index (χ2n) is 4.35. The number of ether oxygens (including phenoxy) is 1. The second kappa shape index (κ2) is 7.01. The molecule has 0 spiro atoms. The highest BCUT2D eigenvalue weighted by atomic mass is 16.5. The largest absolute Gasteiger partial charge is 0.399 e. The number of benzene rings is 1. The molecule has 2 N–H and O–H groups in total. The highest BCUT2D eigenvalue weighted by Crippen LogP contribution is 2.19. The maximum atomic E-state index is 12.2. The Labute approximate surface area is 109 Å². The summed E-state index contributed by atoms with van der Waals surface area (Å²) in [5.74, 6) is -0.0968. The van der Waals surface area contributed by atoms with Gasteiger partial charge in [-0.3, -0.25) is 4.79 Å². The number of nitrogens with zero attached hydrogens (tertiary/aromatic N) is 1. The molecule has 0 heterocycles. The Hall–Kier alpha value is -1.55. The van der Waals surface area contributed by atoms with Crippen molar-refractivity contribution in [2.24, 2.45) is 0 Å². The van der Waals surface area contributed by atoms with Gasteiger partial charge >= 0.3 is 0 Å². The van der Waals surface area contributed by atoms with Crippen molar-refractivity contribution in [1.82, 2.24) is 4.90 Å². The molecule has 1 rings (SSSR count). The smallest absolute Gasteiger partial charge is 0.229 e. The van der Waals surface area contributed by atoms with Crippen molar-refractivity contribution in [3.63, 3.8) is 0 Å². The van der Waals surface area contributed by atoms with Crippen LogP contribution < -0.4 is 5.73 Å². The first-order chi connectivity index (χ1) is 8.56. The lowest BCUT2D eigenvalue weighted by Gasteiger charge is -2.21. The number of nitrogen functional groups attached to an aromatic ring is 1. The Bertz CT molecular complexity index is 393. The first-order valence-corrected chi connectivity index (χ1v) is 6.24. The van der Waals surface area contributed by atoms with Gasteiger partial charge in [-0.25, -0.2) is 0 Å². The molecule has 0 saturated carbocycles. The number of hydrogen-bond acceptors (Lipinski definition) is 3. The van der Waals surface area contributed by atoms with E-state index >= 15 is 0 Å². The Morgan fingerprint density at radius 2 is 2.22 bits per heavy atom. The Kier molecular flexibility index (Phi) is 5.65. The van der Waals surface area contributed by atoms with Crippen molar-refractivity contribution in [2.45, 2.75) is 19.8 Å². The average molecular weight is 250 g/mol. The summed E-state index contributed by atoms with van der Waals surface area (Å²) >= 11 is 0. The number of amides is 1. The fourth-order valence-corrected chi connectivity index (χ4v) is 1.76. The van der Waals surface area contributed by atoms with Crippen molar-refractivity contribution >= 4 is 11.6 Å². The van der Waals surface area contributed by atoms with Gasteiger partial charge in [0.25, 0.3) is 0 Å². The van der Waals surface area contributed by atoms with Crippen LogP contribution in [0.5, 0.6) is 0 Å². The molecule has 100 valence electrons. The summed E-state index contributed by atoms with van der Waals surface area (Å²) in [7, 11) is 1.80. The number of carbonyl (C=O) groups is 1. The molecule has 0 aliphatic rings. The highest BCUT2D eigenvalue weighted by molar-refractivity contribution is 5.83. The lowest BCUT2D eigenvalue weighted by molar-refractivity contribution is -0.131. The minimum absolute atomic E-state index is 0.0836. The van der Waals surface area contributed by atoms with Gasteiger partial charge in [-0.1, -0.05) is 12.1 Å². The molecule has 1 aromatic rings. The van der Waals surface area contributed by atoms with Crippen molar-refractivity contribution < 1.29 is 9.53 Å². The maximum Gasteiger partial charge on any atom is 0.229 e. The van der Waals surface area contributed by atoms with Crippen LogP contribution in [0.15, 0.2) is 24.3 Å². The minimum Gasteiger partial charge on any atom is -0.399 e. The van der Waals surface area contributed by atoms with Crippen molar-refractivity contribution in [1.29, 1.82) is 0 Å². The standard InChI is InChI=1S/C14H22N2O2/c1-4-18-9-8-16(3)14(17)11(2)12-6-5-7-13(15)10-12/h5-7,10-11H,4,8-9,15H2,1-3H3. The Morgan fingerprint density at radius 3 is 2.83 bits per heavy atom. The summed E-state index contributed by atoms with van der Waals surface area (Å²) in [6, 6.07) is 7.46. The SMILES string of the molecule is CCOCCN(C)C(=O)C(C)c1cccc(N)c1. The number of nitrogens with two attached hydrogens (primary N) is 1. The van der Waals surface area contributed by atoms with Gasteiger partial charge in [-0.15, -0.1) is 0 Å². The molecule has 1 unspecified atom stereocenters. The normalized spacial score (nSPS) is 12.2. The predicted molar refractivity (Wildman–Crippen MR) is 73.4 cm³/mol. The number of likely N-dealkylation sites (N-methyl/N-ethyl adjacent to an activating group) is 1. The fraction of sp³-hybridized carbons (Fsp3) is 0.500. The second-order valence-corrected chi connectivity index (χ2v) is 4.35. The van der Waals surface area contributed by atoms with Crippen LogP contribution in [0.2, 0.25) is 0 Å². The lowest BCUT2D eigenvalue weighted by atomic mass is 9.99. The molecule has 1 amide bonds. The van der Waals surface area contributed by atoms with Crippen LogP contribution in [0.4, 0.5) is 5.69 Å². The number of rotatable bonds is 6. The van der Waals surface area contributed by atoms with Gasteiger partial charge in [0, 0.05) is 25.9 Å². The van der Waals surface area contributed by atoms with Crippen molar-refractivity contribution in [3.8, 4) is 0 Å². The Morgan fingerprint density at radius 1 is 1.50 bits per heavy atom. The molecule has 4 nitrogen and oxygen atoms in total. The van der Waals surface area contributed by atoms with E-state index in [2.05, 4.69) is 0 Å². The van der Waals surface area contributed by atoms with E-state index in [0.717, 1.165) is 5.56 Å². The summed E-state index contributed by atoms with van der Waals surface area (Å²) in [6.45, 7) is 5.69. The lowest BCUT2D eigenvalue weighted by Crippen LogP contribution is -2.33. The quantitative estimate of drug-likeness (QED) is 0.619. The van der Waals surface area contributed by atoms with E-state index in [4.69, 9.17) is 10.5 Å². The molecule has 0 aliphatic carbocycles. The van der Waals surface area contributed by atoms with Gasteiger partial charge in [0.05, 0.1) is 12.5 Å². The van der Waals surface area contributed by atoms with Gasteiger partial charge in [0.2, 0.25) is 5.91 Å². The molecular formula is C14H22N2O2. The highest BCUT2D eigenvalue weighted by Gasteiger charge is 2.19. The van der Waals surface area contributed by atoms with E-state index in [1.807, 2.05) is 38.1 Å². The van der Waals surface area contributed by atoms with E-state index in [1.54, 1.807) is 11.9 Å². The van der Waals surface area contributed by atoms with E-state index < -0.39 is 0 Å².